The molecule has 6 heteroatoms. The fourth-order valence-corrected chi connectivity index (χ4v) is 4.16. The summed E-state index contributed by atoms with van der Waals surface area (Å²) in [7, 11) is 1.97. The monoisotopic (exact) mass is 406 g/mol. The number of aryl methyl sites for hydroxylation is 1. The van der Waals surface area contributed by atoms with E-state index in [1.165, 1.54) is 5.56 Å². The third-order valence-electron chi connectivity index (χ3n) is 5.67. The van der Waals surface area contributed by atoms with E-state index in [2.05, 4.69) is 30.0 Å². The largest absolute Gasteiger partial charge is 0.303 e. The molecule has 0 atom stereocenters. The molecule has 0 saturated carbocycles. The molecule has 29 heavy (non-hydrogen) atoms. The standard InChI is InChI=1S/C23H26N4OS/c1-17-7-6-10-20(15-17)22-24-27(23(29)25(22)2)16-26-13-11-19(12-14-26)21(28)18-8-4-3-5-9-18/h3-10,15,19H,11-14,16H2,1-2H3. The van der Waals surface area contributed by atoms with E-state index in [4.69, 9.17) is 17.3 Å². The van der Waals surface area contributed by atoms with Crippen LogP contribution in [0.5, 0.6) is 0 Å². The maximum atomic E-state index is 12.7. The Morgan fingerprint density at radius 1 is 1.10 bits per heavy atom. The molecule has 5 nitrogen and oxygen atoms in total. The summed E-state index contributed by atoms with van der Waals surface area (Å²) in [6, 6.07) is 17.9. The van der Waals surface area contributed by atoms with Gasteiger partial charge in [-0.05, 0) is 38.0 Å². The Morgan fingerprint density at radius 2 is 1.83 bits per heavy atom. The second-order valence-corrected chi connectivity index (χ2v) is 8.16. The number of nitrogens with zero attached hydrogens (tertiary/aromatic N) is 4. The highest BCUT2D eigenvalue weighted by atomic mass is 32.1. The molecule has 0 amide bonds. The summed E-state index contributed by atoms with van der Waals surface area (Å²) in [5.74, 6) is 1.25. The van der Waals surface area contributed by atoms with Gasteiger partial charge in [-0.1, -0.05) is 54.1 Å². The Hall–Kier alpha value is -2.57. The van der Waals surface area contributed by atoms with Crippen LogP contribution in [0.25, 0.3) is 11.4 Å². The van der Waals surface area contributed by atoms with Crippen LogP contribution in [0, 0.1) is 17.6 Å². The quantitative estimate of drug-likeness (QED) is 0.463. The number of piperidine rings is 1. The first kappa shape index (κ1) is 19.7. The molecule has 0 unspecified atom stereocenters. The molecule has 0 spiro atoms. The van der Waals surface area contributed by atoms with E-state index < -0.39 is 0 Å². The van der Waals surface area contributed by atoms with Crippen molar-refractivity contribution in [3.8, 4) is 11.4 Å². The zero-order valence-electron chi connectivity index (χ0n) is 16.9. The van der Waals surface area contributed by atoms with E-state index in [-0.39, 0.29) is 11.7 Å². The lowest BCUT2D eigenvalue weighted by Crippen LogP contribution is -2.37. The van der Waals surface area contributed by atoms with Crippen LogP contribution < -0.4 is 0 Å². The predicted octanol–water partition coefficient (Wildman–Crippen LogP) is 4.48. The minimum Gasteiger partial charge on any atom is -0.303 e. The van der Waals surface area contributed by atoms with E-state index in [0.717, 1.165) is 42.9 Å². The third-order valence-corrected chi connectivity index (χ3v) is 6.15. The molecule has 0 aliphatic carbocycles. The molecule has 0 N–H and O–H groups in total. The Labute approximate surface area is 176 Å². The minimum atomic E-state index is 0.105. The highest BCUT2D eigenvalue weighted by molar-refractivity contribution is 7.71. The topological polar surface area (TPSA) is 43.1 Å². The number of hydrogen-bond donors (Lipinski definition) is 0. The maximum absolute atomic E-state index is 12.7. The first-order chi connectivity index (χ1) is 14.0. The van der Waals surface area contributed by atoms with Crippen LogP contribution in [0.1, 0.15) is 28.8 Å². The fourth-order valence-electron chi connectivity index (χ4n) is 3.98. The smallest absolute Gasteiger partial charge is 0.199 e. The summed E-state index contributed by atoms with van der Waals surface area (Å²) in [6.07, 6.45) is 1.75. The van der Waals surface area contributed by atoms with E-state index in [9.17, 15) is 4.79 Å². The Morgan fingerprint density at radius 3 is 2.52 bits per heavy atom. The Bertz CT molecular complexity index is 1060. The number of likely N-dealkylation sites (tertiary alicyclic amines) is 1. The highest BCUT2D eigenvalue weighted by Crippen LogP contribution is 2.23. The summed E-state index contributed by atoms with van der Waals surface area (Å²) in [5, 5.41) is 4.78. The van der Waals surface area contributed by atoms with Crippen molar-refractivity contribution in [3.63, 3.8) is 0 Å². The number of hydrogen-bond acceptors (Lipinski definition) is 4. The van der Waals surface area contributed by atoms with Crippen molar-refractivity contribution in [2.45, 2.75) is 26.4 Å². The molecule has 2 aromatic carbocycles. The van der Waals surface area contributed by atoms with Gasteiger partial charge in [-0.25, -0.2) is 4.68 Å². The maximum Gasteiger partial charge on any atom is 0.199 e. The molecule has 150 valence electrons. The van der Waals surface area contributed by atoms with Crippen LogP contribution in [-0.2, 0) is 13.7 Å². The molecule has 1 saturated heterocycles. The molecular weight excluding hydrogens is 380 g/mol. The van der Waals surface area contributed by atoms with Crippen molar-refractivity contribution in [2.24, 2.45) is 13.0 Å². The van der Waals surface area contributed by atoms with Gasteiger partial charge in [-0.3, -0.25) is 9.69 Å². The first-order valence-corrected chi connectivity index (χ1v) is 10.5. The average Bonchev–Trinajstić information content (AvgIpc) is 3.03. The molecule has 1 aliphatic rings. The number of Topliss-reactive ketones (excluding diaryl/α,β-unsaturated/α-hetero) is 1. The first-order valence-electron chi connectivity index (χ1n) is 10.1. The Balaban J connectivity index is 1.43. The molecule has 1 aromatic heterocycles. The number of carbonyl (C=O) groups is 1. The minimum absolute atomic E-state index is 0.105. The molecule has 0 bridgehead atoms. The lowest BCUT2D eigenvalue weighted by atomic mass is 9.89. The van der Waals surface area contributed by atoms with Gasteiger partial charge < -0.3 is 4.57 Å². The summed E-state index contributed by atoms with van der Waals surface area (Å²) >= 11 is 5.63. The molecule has 3 aromatic rings. The van der Waals surface area contributed by atoms with Gasteiger partial charge in [-0.2, -0.15) is 5.10 Å². The van der Waals surface area contributed by atoms with E-state index >= 15 is 0 Å². The van der Waals surface area contributed by atoms with Gasteiger partial charge in [0.25, 0.3) is 0 Å². The van der Waals surface area contributed by atoms with Gasteiger partial charge >= 0.3 is 0 Å². The second-order valence-electron chi connectivity index (χ2n) is 7.80. The summed E-state index contributed by atoms with van der Waals surface area (Å²) in [5.41, 5.74) is 3.10. The molecule has 1 aliphatic heterocycles. The molecule has 0 radical (unpaired) electrons. The third kappa shape index (κ3) is 4.23. The van der Waals surface area contributed by atoms with Gasteiger partial charge in [0.1, 0.15) is 0 Å². The lowest BCUT2D eigenvalue weighted by Gasteiger charge is -2.30. The lowest BCUT2D eigenvalue weighted by molar-refractivity contribution is 0.0803. The van der Waals surface area contributed by atoms with Crippen molar-refractivity contribution in [3.05, 3.63) is 70.5 Å². The van der Waals surface area contributed by atoms with Crippen LogP contribution in [0.3, 0.4) is 0 Å². The number of aromatic nitrogens is 3. The van der Waals surface area contributed by atoms with Crippen molar-refractivity contribution in [1.82, 2.24) is 19.2 Å². The second kappa shape index (κ2) is 8.43. The normalized spacial score (nSPS) is 15.5. The van der Waals surface area contributed by atoms with Crippen molar-refractivity contribution < 1.29 is 4.79 Å². The van der Waals surface area contributed by atoms with Crippen molar-refractivity contribution >= 4 is 18.0 Å². The van der Waals surface area contributed by atoms with E-state index in [1.807, 2.05) is 52.7 Å². The van der Waals surface area contributed by atoms with Gasteiger partial charge in [0, 0.05) is 37.2 Å². The summed E-state index contributed by atoms with van der Waals surface area (Å²) in [6.45, 7) is 4.49. The van der Waals surface area contributed by atoms with Gasteiger partial charge in [0.2, 0.25) is 0 Å². The molecule has 1 fully saturated rings. The number of benzene rings is 2. The van der Waals surface area contributed by atoms with Gasteiger partial charge in [0.05, 0.1) is 6.67 Å². The SMILES string of the molecule is Cc1cccc(-c2nn(CN3CCC(C(=O)c4ccccc4)CC3)c(=S)n2C)c1. The summed E-state index contributed by atoms with van der Waals surface area (Å²) in [4.78, 5) is 15.0. The Kier molecular flexibility index (Phi) is 5.74. The number of ketones is 1. The average molecular weight is 407 g/mol. The van der Waals surface area contributed by atoms with Crippen LogP contribution in [-0.4, -0.2) is 38.1 Å². The van der Waals surface area contributed by atoms with Gasteiger partial charge in [0.15, 0.2) is 16.4 Å². The van der Waals surface area contributed by atoms with Crippen LogP contribution in [0.15, 0.2) is 54.6 Å². The highest BCUT2D eigenvalue weighted by Gasteiger charge is 2.26. The van der Waals surface area contributed by atoms with Crippen LogP contribution in [0.2, 0.25) is 0 Å². The zero-order chi connectivity index (χ0) is 20.4. The predicted molar refractivity (Wildman–Crippen MR) is 117 cm³/mol. The molecule has 2 heterocycles. The fraction of sp³-hybridized carbons (Fsp3) is 0.348. The molecular formula is C23H26N4OS. The van der Waals surface area contributed by atoms with E-state index in [0.29, 0.717) is 11.4 Å². The summed E-state index contributed by atoms with van der Waals surface area (Å²) < 4.78 is 4.58. The zero-order valence-corrected chi connectivity index (χ0v) is 17.7. The van der Waals surface area contributed by atoms with E-state index in [1.54, 1.807) is 0 Å². The van der Waals surface area contributed by atoms with Crippen LogP contribution >= 0.6 is 12.2 Å². The van der Waals surface area contributed by atoms with Crippen molar-refractivity contribution in [2.75, 3.05) is 13.1 Å². The number of carbonyl (C=O) groups excluding carboxylic acids is 1. The molecule has 4 rings (SSSR count). The van der Waals surface area contributed by atoms with Gasteiger partial charge in [-0.15, -0.1) is 0 Å². The van der Waals surface area contributed by atoms with Crippen LogP contribution in [0.4, 0.5) is 0 Å². The number of rotatable bonds is 5. The van der Waals surface area contributed by atoms with Crippen molar-refractivity contribution in [1.29, 1.82) is 0 Å².